The lowest BCUT2D eigenvalue weighted by Crippen LogP contribution is -2.42. The summed E-state index contributed by atoms with van der Waals surface area (Å²) in [5.74, 6) is -4.72. The Morgan fingerprint density at radius 2 is 1.86 bits per heavy atom. The first-order valence-corrected chi connectivity index (χ1v) is 10.8. The zero-order chi connectivity index (χ0) is 25.1. The van der Waals surface area contributed by atoms with Gasteiger partial charge in [0.15, 0.2) is 0 Å². The van der Waals surface area contributed by atoms with E-state index in [0.717, 1.165) is 24.3 Å². The molecule has 10 heteroatoms. The van der Waals surface area contributed by atoms with Crippen LogP contribution in [0.5, 0.6) is 0 Å². The lowest BCUT2D eigenvalue weighted by atomic mass is 9.89. The van der Waals surface area contributed by atoms with Crippen molar-refractivity contribution in [2.75, 3.05) is 13.1 Å². The van der Waals surface area contributed by atoms with E-state index in [-0.39, 0.29) is 36.4 Å². The summed E-state index contributed by atoms with van der Waals surface area (Å²) in [4.78, 5) is 40.2. The number of hydrogen-bond acceptors (Lipinski definition) is 5. The van der Waals surface area contributed by atoms with Gasteiger partial charge in [-0.05, 0) is 41.5 Å². The van der Waals surface area contributed by atoms with Crippen molar-refractivity contribution < 1.29 is 27.6 Å². The average molecular weight is 482 g/mol. The lowest BCUT2D eigenvalue weighted by Gasteiger charge is -2.22. The average Bonchev–Trinajstić information content (AvgIpc) is 3.25. The fourth-order valence-corrected chi connectivity index (χ4v) is 4.09. The fourth-order valence-electron chi connectivity index (χ4n) is 4.09. The molecule has 1 aromatic heterocycles. The van der Waals surface area contributed by atoms with Gasteiger partial charge in [-0.25, -0.2) is 13.2 Å². The predicted octanol–water partition coefficient (Wildman–Crippen LogP) is 2.44. The molecular weight excluding hydrogens is 461 g/mol. The van der Waals surface area contributed by atoms with Crippen LogP contribution in [0.3, 0.4) is 0 Å². The Kier molecular flexibility index (Phi) is 6.92. The number of carbonyl (C=O) groups is 3. The van der Waals surface area contributed by atoms with Crippen molar-refractivity contribution in [2.24, 2.45) is 5.73 Å². The van der Waals surface area contributed by atoms with Crippen LogP contribution in [0.1, 0.15) is 34.0 Å². The highest BCUT2D eigenvalue weighted by atomic mass is 19.1. The van der Waals surface area contributed by atoms with Crippen LogP contribution < -0.4 is 16.4 Å². The molecule has 0 radical (unpaired) electrons. The van der Waals surface area contributed by atoms with Crippen LogP contribution in [-0.4, -0.2) is 41.7 Å². The summed E-state index contributed by atoms with van der Waals surface area (Å²) in [6, 6.07) is 9.35. The normalized spacial score (nSPS) is 16.2. The number of Topliss-reactive ketones (excluding diaryl/α,β-unsaturated/α-hetero) is 1. The van der Waals surface area contributed by atoms with E-state index in [1.807, 2.05) is 0 Å². The standard InChI is InChI=1S/C25H21F3N4O3/c26-15-6-14(7-16(27)9-15)20(12-32-25(35)22-10-17(33)11-31-22)23-18(2-1-5-30-23)13-3-4-21(28)19(8-13)24(29)34/h1-9,20,22,31H,10-12H2,(H2,29,34)(H,32,35)/t20-,22-/m0/s1. The zero-order valence-corrected chi connectivity index (χ0v) is 18.4. The number of nitrogens with one attached hydrogen (secondary N) is 2. The van der Waals surface area contributed by atoms with Crippen molar-refractivity contribution in [3.8, 4) is 11.1 Å². The van der Waals surface area contributed by atoms with Gasteiger partial charge in [-0.3, -0.25) is 24.7 Å². The summed E-state index contributed by atoms with van der Waals surface area (Å²) in [5, 5.41) is 5.54. The van der Waals surface area contributed by atoms with E-state index in [0.29, 0.717) is 16.8 Å². The maximum atomic E-state index is 14.1. The number of nitrogens with zero attached hydrogens (tertiary/aromatic N) is 1. The molecule has 4 N–H and O–H groups in total. The molecule has 1 aliphatic rings. The molecule has 0 spiro atoms. The summed E-state index contributed by atoms with van der Waals surface area (Å²) in [5.41, 5.74) is 6.34. The Morgan fingerprint density at radius 1 is 1.11 bits per heavy atom. The van der Waals surface area contributed by atoms with Gasteiger partial charge in [0.05, 0.1) is 23.8 Å². The number of hydrogen-bond donors (Lipinski definition) is 3. The van der Waals surface area contributed by atoms with E-state index in [9.17, 15) is 27.6 Å². The molecule has 4 rings (SSSR count). The van der Waals surface area contributed by atoms with Gasteiger partial charge in [-0.2, -0.15) is 0 Å². The molecule has 2 amide bonds. The molecule has 180 valence electrons. The van der Waals surface area contributed by atoms with Crippen LogP contribution in [0.4, 0.5) is 13.2 Å². The van der Waals surface area contributed by atoms with E-state index < -0.39 is 41.2 Å². The molecule has 1 aliphatic heterocycles. The lowest BCUT2D eigenvalue weighted by molar-refractivity contribution is -0.124. The molecule has 2 heterocycles. The number of pyridine rings is 1. The third-order valence-electron chi connectivity index (χ3n) is 5.77. The third-order valence-corrected chi connectivity index (χ3v) is 5.77. The second-order valence-corrected chi connectivity index (χ2v) is 8.17. The summed E-state index contributed by atoms with van der Waals surface area (Å²) in [6.07, 6.45) is 1.52. The largest absolute Gasteiger partial charge is 0.366 e. The SMILES string of the molecule is NC(=O)c1cc(-c2cccnc2[C@@H](CNC(=O)[C@@H]2CC(=O)CN2)c2cc(F)cc(F)c2)ccc1F. The van der Waals surface area contributed by atoms with Gasteiger partial charge in [0, 0.05) is 36.7 Å². The highest BCUT2D eigenvalue weighted by Gasteiger charge is 2.29. The minimum atomic E-state index is -0.954. The number of amides is 2. The smallest absolute Gasteiger partial charge is 0.251 e. The van der Waals surface area contributed by atoms with Gasteiger partial charge in [0.1, 0.15) is 23.2 Å². The summed E-state index contributed by atoms with van der Waals surface area (Å²) in [7, 11) is 0. The van der Waals surface area contributed by atoms with Crippen LogP contribution >= 0.6 is 0 Å². The third kappa shape index (κ3) is 5.38. The van der Waals surface area contributed by atoms with Gasteiger partial charge >= 0.3 is 0 Å². The first-order chi connectivity index (χ1) is 16.7. The number of halogens is 3. The quantitative estimate of drug-likeness (QED) is 0.479. The Hall–Kier alpha value is -4.05. The predicted molar refractivity (Wildman–Crippen MR) is 121 cm³/mol. The van der Waals surface area contributed by atoms with E-state index in [4.69, 9.17) is 5.73 Å². The monoisotopic (exact) mass is 482 g/mol. The first kappa shape index (κ1) is 24.1. The van der Waals surface area contributed by atoms with Crippen molar-refractivity contribution in [1.82, 2.24) is 15.6 Å². The molecule has 0 unspecified atom stereocenters. The van der Waals surface area contributed by atoms with E-state index in [1.165, 1.54) is 18.3 Å². The molecule has 35 heavy (non-hydrogen) atoms. The molecule has 2 atom stereocenters. The Morgan fingerprint density at radius 3 is 2.51 bits per heavy atom. The van der Waals surface area contributed by atoms with E-state index in [2.05, 4.69) is 15.6 Å². The summed E-state index contributed by atoms with van der Waals surface area (Å²) in [6.45, 7) is -0.00421. The topological polar surface area (TPSA) is 114 Å². The first-order valence-electron chi connectivity index (χ1n) is 10.8. The molecule has 1 saturated heterocycles. The van der Waals surface area contributed by atoms with Crippen LogP contribution in [0.25, 0.3) is 11.1 Å². The van der Waals surface area contributed by atoms with E-state index in [1.54, 1.807) is 12.1 Å². The number of nitrogens with two attached hydrogens (primary N) is 1. The van der Waals surface area contributed by atoms with Crippen LogP contribution in [0.2, 0.25) is 0 Å². The molecular formula is C25H21F3N4O3. The maximum absolute atomic E-state index is 14.1. The molecule has 3 aromatic rings. The number of carbonyl (C=O) groups excluding carboxylic acids is 3. The zero-order valence-electron chi connectivity index (χ0n) is 18.4. The fraction of sp³-hybridized carbons (Fsp3) is 0.200. The van der Waals surface area contributed by atoms with Crippen LogP contribution in [-0.2, 0) is 9.59 Å². The molecule has 2 aromatic carbocycles. The van der Waals surface area contributed by atoms with Gasteiger partial charge in [0.2, 0.25) is 5.91 Å². The molecule has 0 saturated carbocycles. The van der Waals surface area contributed by atoms with Gasteiger partial charge in [-0.1, -0.05) is 12.1 Å². The van der Waals surface area contributed by atoms with Crippen molar-refractivity contribution in [1.29, 1.82) is 0 Å². The number of aromatic nitrogens is 1. The highest BCUT2D eigenvalue weighted by Crippen LogP contribution is 2.33. The molecule has 0 aliphatic carbocycles. The van der Waals surface area contributed by atoms with Gasteiger partial charge < -0.3 is 11.1 Å². The minimum Gasteiger partial charge on any atom is -0.366 e. The highest BCUT2D eigenvalue weighted by molar-refractivity contribution is 5.95. The van der Waals surface area contributed by atoms with Crippen molar-refractivity contribution in [3.05, 3.63) is 89.0 Å². The second-order valence-electron chi connectivity index (χ2n) is 8.17. The number of primary amides is 1. The van der Waals surface area contributed by atoms with Gasteiger partial charge in [0.25, 0.3) is 5.91 Å². The molecule has 1 fully saturated rings. The number of benzene rings is 2. The number of ketones is 1. The Balaban J connectivity index is 1.75. The van der Waals surface area contributed by atoms with Crippen LogP contribution in [0.15, 0.2) is 54.7 Å². The maximum Gasteiger partial charge on any atom is 0.251 e. The second kappa shape index (κ2) is 10.1. The van der Waals surface area contributed by atoms with Crippen molar-refractivity contribution in [3.63, 3.8) is 0 Å². The molecule has 0 bridgehead atoms. The van der Waals surface area contributed by atoms with Crippen LogP contribution in [0, 0.1) is 17.5 Å². The minimum absolute atomic E-state index is 0.0470. The Labute approximate surface area is 198 Å². The van der Waals surface area contributed by atoms with Gasteiger partial charge in [-0.15, -0.1) is 0 Å². The molecule has 7 nitrogen and oxygen atoms in total. The van der Waals surface area contributed by atoms with Crippen molar-refractivity contribution >= 4 is 17.6 Å². The Bertz CT molecular complexity index is 1290. The number of rotatable bonds is 7. The summed E-state index contributed by atoms with van der Waals surface area (Å²) >= 11 is 0. The van der Waals surface area contributed by atoms with Crippen molar-refractivity contribution in [2.45, 2.75) is 18.4 Å². The van der Waals surface area contributed by atoms with E-state index >= 15 is 0 Å². The summed E-state index contributed by atoms with van der Waals surface area (Å²) < 4.78 is 42.3.